The first-order valence-corrected chi connectivity index (χ1v) is 6.96. The summed E-state index contributed by atoms with van der Waals surface area (Å²) in [5.41, 5.74) is 4.47. The van der Waals surface area contributed by atoms with Gasteiger partial charge in [-0.3, -0.25) is 0 Å². The number of fused-ring (bicyclic) bond motifs is 1. The molecule has 0 aliphatic rings. The fourth-order valence-corrected chi connectivity index (χ4v) is 2.42. The van der Waals surface area contributed by atoms with Crippen LogP contribution in [-0.2, 0) is 7.05 Å². The van der Waals surface area contributed by atoms with Crippen molar-refractivity contribution < 1.29 is 4.74 Å². The maximum atomic E-state index is 5.51. The number of imidazole rings is 1. The molecule has 0 unspecified atom stereocenters. The Morgan fingerprint density at radius 3 is 2.67 bits per heavy atom. The molecule has 106 valence electrons. The molecule has 0 fully saturated rings. The van der Waals surface area contributed by atoms with E-state index in [0.717, 1.165) is 28.2 Å². The van der Waals surface area contributed by atoms with Gasteiger partial charge >= 0.3 is 0 Å². The largest absolute Gasteiger partial charge is 0.490 e. The van der Waals surface area contributed by atoms with Gasteiger partial charge in [0.25, 0.3) is 0 Å². The normalized spacial score (nSPS) is 10.8. The number of aromatic nitrogens is 2. The predicted octanol–water partition coefficient (Wildman–Crippen LogP) is 4.11. The quantitative estimate of drug-likeness (QED) is 0.671. The lowest BCUT2D eigenvalue weighted by atomic mass is 10.2. The van der Waals surface area contributed by atoms with Crippen molar-refractivity contribution in [2.75, 3.05) is 6.61 Å². The van der Waals surface area contributed by atoms with Crippen LogP contribution in [-0.4, -0.2) is 16.2 Å². The van der Waals surface area contributed by atoms with Gasteiger partial charge < -0.3 is 9.30 Å². The zero-order valence-corrected chi connectivity index (χ0v) is 12.3. The van der Waals surface area contributed by atoms with Crippen molar-refractivity contribution >= 4 is 11.0 Å². The van der Waals surface area contributed by atoms with E-state index >= 15 is 0 Å². The van der Waals surface area contributed by atoms with E-state index in [9.17, 15) is 0 Å². The average molecular weight is 278 g/mol. The number of aryl methyl sites for hydroxylation is 2. The Labute approximate surface area is 124 Å². The highest BCUT2D eigenvalue weighted by molar-refractivity contribution is 5.81. The smallest absolute Gasteiger partial charge is 0.140 e. The van der Waals surface area contributed by atoms with Crippen molar-refractivity contribution in [2.45, 2.75) is 6.92 Å². The van der Waals surface area contributed by atoms with Crippen LogP contribution in [0.2, 0.25) is 0 Å². The van der Waals surface area contributed by atoms with Gasteiger partial charge in [-0.05, 0) is 48.9 Å². The van der Waals surface area contributed by atoms with E-state index in [1.54, 1.807) is 6.08 Å². The number of rotatable bonds is 4. The van der Waals surface area contributed by atoms with Crippen molar-refractivity contribution in [3.05, 3.63) is 60.7 Å². The summed E-state index contributed by atoms with van der Waals surface area (Å²) in [5.74, 6) is 1.80. The van der Waals surface area contributed by atoms with E-state index in [0.29, 0.717) is 6.61 Å². The summed E-state index contributed by atoms with van der Waals surface area (Å²) in [6, 6.07) is 14.3. The molecule has 0 saturated carbocycles. The molecule has 0 aliphatic heterocycles. The van der Waals surface area contributed by atoms with E-state index < -0.39 is 0 Å². The van der Waals surface area contributed by atoms with Crippen LogP contribution in [0.3, 0.4) is 0 Å². The van der Waals surface area contributed by atoms with Crippen LogP contribution in [0.25, 0.3) is 22.4 Å². The highest BCUT2D eigenvalue weighted by atomic mass is 16.5. The van der Waals surface area contributed by atoms with Crippen LogP contribution < -0.4 is 4.74 Å². The third kappa shape index (κ3) is 2.55. The summed E-state index contributed by atoms with van der Waals surface area (Å²) < 4.78 is 7.63. The van der Waals surface area contributed by atoms with E-state index in [1.165, 1.54) is 5.56 Å². The van der Waals surface area contributed by atoms with E-state index in [-0.39, 0.29) is 0 Å². The van der Waals surface area contributed by atoms with Gasteiger partial charge in [0.15, 0.2) is 0 Å². The average Bonchev–Trinajstić information content (AvgIpc) is 2.82. The fraction of sp³-hybridized carbons (Fsp3) is 0.167. The first-order chi connectivity index (χ1) is 10.2. The Hall–Kier alpha value is -2.55. The summed E-state index contributed by atoms with van der Waals surface area (Å²) in [6.45, 7) is 6.25. The molecule has 0 saturated heterocycles. The summed E-state index contributed by atoms with van der Waals surface area (Å²) in [5, 5.41) is 0. The molecule has 1 heterocycles. The minimum atomic E-state index is 0.519. The van der Waals surface area contributed by atoms with Crippen LogP contribution in [0.5, 0.6) is 5.75 Å². The van der Waals surface area contributed by atoms with Gasteiger partial charge in [-0.1, -0.05) is 18.7 Å². The van der Waals surface area contributed by atoms with Gasteiger partial charge in [-0.15, -0.1) is 0 Å². The number of ether oxygens (including phenoxy) is 1. The molecule has 2 aromatic carbocycles. The van der Waals surface area contributed by atoms with Crippen LogP contribution in [0.4, 0.5) is 0 Å². The van der Waals surface area contributed by atoms with E-state index in [1.807, 2.05) is 31.3 Å². The van der Waals surface area contributed by atoms with Crippen molar-refractivity contribution in [3.8, 4) is 17.1 Å². The maximum absolute atomic E-state index is 5.51. The Balaban J connectivity index is 1.99. The van der Waals surface area contributed by atoms with Crippen molar-refractivity contribution in [2.24, 2.45) is 7.05 Å². The SMILES string of the molecule is C=CCOc1ccc(-c2nc3cc(C)ccc3n2C)cc1. The highest BCUT2D eigenvalue weighted by Gasteiger charge is 2.09. The molecule has 3 rings (SSSR count). The molecule has 21 heavy (non-hydrogen) atoms. The van der Waals surface area contributed by atoms with Crippen LogP contribution in [0, 0.1) is 6.92 Å². The van der Waals surface area contributed by atoms with Crippen LogP contribution in [0.1, 0.15) is 5.56 Å². The first kappa shape index (κ1) is 13.4. The second kappa shape index (κ2) is 5.44. The topological polar surface area (TPSA) is 27.1 Å². The maximum Gasteiger partial charge on any atom is 0.140 e. The fourth-order valence-electron chi connectivity index (χ4n) is 2.42. The highest BCUT2D eigenvalue weighted by Crippen LogP contribution is 2.25. The molecule has 3 aromatic rings. The van der Waals surface area contributed by atoms with Crippen LogP contribution in [0.15, 0.2) is 55.1 Å². The molecule has 0 radical (unpaired) electrons. The lowest BCUT2D eigenvalue weighted by molar-refractivity contribution is 0.363. The van der Waals surface area contributed by atoms with E-state index in [2.05, 4.69) is 36.3 Å². The van der Waals surface area contributed by atoms with Gasteiger partial charge in [0.2, 0.25) is 0 Å². The van der Waals surface area contributed by atoms with Gasteiger partial charge in [-0.25, -0.2) is 4.98 Å². The summed E-state index contributed by atoms with van der Waals surface area (Å²) in [7, 11) is 2.04. The number of hydrogen-bond acceptors (Lipinski definition) is 2. The second-order valence-electron chi connectivity index (χ2n) is 5.11. The number of benzene rings is 2. The molecule has 1 aromatic heterocycles. The monoisotopic (exact) mass is 278 g/mol. The number of hydrogen-bond donors (Lipinski definition) is 0. The summed E-state index contributed by atoms with van der Waals surface area (Å²) in [6.07, 6.45) is 1.74. The Morgan fingerprint density at radius 2 is 1.95 bits per heavy atom. The molecule has 0 spiro atoms. The zero-order chi connectivity index (χ0) is 14.8. The summed E-state index contributed by atoms with van der Waals surface area (Å²) >= 11 is 0. The Morgan fingerprint density at radius 1 is 1.19 bits per heavy atom. The Bertz CT molecular complexity index is 785. The lowest BCUT2D eigenvalue weighted by Crippen LogP contribution is -1.94. The predicted molar refractivity (Wildman–Crippen MR) is 86.6 cm³/mol. The minimum absolute atomic E-state index is 0.519. The second-order valence-corrected chi connectivity index (χ2v) is 5.11. The third-order valence-electron chi connectivity index (χ3n) is 3.52. The summed E-state index contributed by atoms with van der Waals surface area (Å²) in [4.78, 5) is 4.74. The van der Waals surface area contributed by atoms with Crippen molar-refractivity contribution in [1.82, 2.24) is 9.55 Å². The van der Waals surface area contributed by atoms with E-state index in [4.69, 9.17) is 9.72 Å². The van der Waals surface area contributed by atoms with Gasteiger partial charge in [0.05, 0.1) is 11.0 Å². The molecule has 3 nitrogen and oxygen atoms in total. The third-order valence-corrected chi connectivity index (χ3v) is 3.52. The molecule has 0 amide bonds. The minimum Gasteiger partial charge on any atom is -0.490 e. The zero-order valence-electron chi connectivity index (χ0n) is 12.3. The molecule has 0 aliphatic carbocycles. The molecule has 0 bridgehead atoms. The first-order valence-electron chi connectivity index (χ1n) is 6.96. The van der Waals surface area contributed by atoms with Crippen molar-refractivity contribution in [1.29, 1.82) is 0 Å². The lowest BCUT2D eigenvalue weighted by Gasteiger charge is -2.05. The van der Waals surface area contributed by atoms with Gasteiger partial charge in [-0.2, -0.15) is 0 Å². The molecule has 0 N–H and O–H groups in total. The standard InChI is InChI=1S/C18H18N2O/c1-4-11-21-15-8-6-14(7-9-15)18-19-16-12-13(2)5-10-17(16)20(18)3/h4-10,12H,1,11H2,2-3H3. The van der Waals surface area contributed by atoms with Crippen molar-refractivity contribution in [3.63, 3.8) is 0 Å². The Kier molecular flexibility index (Phi) is 3.48. The molecule has 3 heteroatoms. The number of nitrogens with zero attached hydrogens (tertiary/aromatic N) is 2. The van der Waals surface area contributed by atoms with Gasteiger partial charge in [0, 0.05) is 12.6 Å². The molecular formula is C18H18N2O. The van der Waals surface area contributed by atoms with Gasteiger partial charge in [0.1, 0.15) is 18.2 Å². The molecule has 0 atom stereocenters. The van der Waals surface area contributed by atoms with Crippen LogP contribution >= 0.6 is 0 Å². The molecular weight excluding hydrogens is 260 g/mol.